The van der Waals surface area contributed by atoms with Crippen LogP contribution >= 0.6 is 0 Å². The Hall–Kier alpha value is -2.87. The van der Waals surface area contributed by atoms with Gasteiger partial charge >= 0.3 is 0 Å². The molecule has 3 rings (SSSR count). The van der Waals surface area contributed by atoms with E-state index in [4.69, 9.17) is 4.74 Å². The molecule has 24 heavy (non-hydrogen) atoms. The molecule has 2 aromatic heterocycles. The number of fused-ring (bicyclic) bond motifs is 1. The van der Waals surface area contributed by atoms with Gasteiger partial charge < -0.3 is 10.1 Å². The van der Waals surface area contributed by atoms with Crippen molar-refractivity contribution in [3.05, 3.63) is 48.2 Å². The standard InChI is InChI=1S/C16H16FN5O2/c1-24-8-2-7-18-16(23)14-9-13(11-3-5-12(17)6-4-11)15-20-19-10-22(15)21-14/h3-6,9-10H,2,7-8H2,1H3,(H,18,23). The Morgan fingerprint density at radius 3 is 2.88 bits per heavy atom. The Kier molecular flexibility index (Phi) is 4.76. The van der Waals surface area contributed by atoms with Gasteiger partial charge in [-0.05, 0) is 30.2 Å². The molecule has 0 saturated heterocycles. The van der Waals surface area contributed by atoms with Crippen LogP contribution in [-0.2, 0) is 4.74 Å². The van der Waals surface area contributed by atoms with E-state index in [2.05, 4.69) is 20.6 Å². The summed E-state index contributed by atoms with van der Waals surface area (Å²) in [6, 6.07) is 7.59. The lowest BCUT2D eigenvalue weighted by atomic mass is 10.1. The van der Waals surface area contributed by atoms with Crippen LogP contribution < -0.4 is 5.32 Å². The summed E-state index contributed by atoms with van der Waals surface area (Å²) in [4.78, 5) is 12.3. The van der Waals surface area contributed by atoms with Gasteiger partial charge in [0.15, 0.2) is 5.65 Å². The average molecular weight is 329 g/mol. The second-order valence-corrected chi connectivity index (χ2v) is 5.15. The van der Waals surface area contributed by atoms with E-state index in [1.807, 2.05) is 0 Å². The summed E-state index contributed by atoms with van der Waals surface area (Å²) in [5.41, 5.74) is 2.12. The van der Waals surface area contributed by atoms with Crippen LogP contribution in [0.4, 0.5) is 4.39 Å². The number of methoxy groups -OCH3 is 1. The van der Waals surface area contributed by atoms with Crippen LogP contribution in [0.5, 0.6) is 0 Å². The number of halogens is 1. The molecule has 0 aliphatic rings. The lowest BCUT2D eigenvalue weighted by molar-refractivity contribution is 0.0942. The van der Waals surface area contributed by atoms with Gasteiger partial charge in [0.05, 0.1) is 0 Å². The number of rotatable bonds is 6. The largest absolute Gasteiger partial charge is 0.385 e. The van der Waals surface area contributed by atoms with E-state index in [1.165, 1.54) is 23.0 Å². The predicted molar refractivity (Wildman–Crippen MR) is 85.0 cm³/mol. The number of benzene rings is 1. The first kappa shape index (κ1) is 16.0. The number of hydrogen-bond donors (Lipinski definition) is 1. The van der Waals surface area contributed by atoms with Crippen LogP contribution in [0.15, 0.2) is 36.7 Å². The highest BCUT2D eigenvalue weighted by Crippen LogP contribution is 2.23. The lowest BCUT2D eigenvalue weighted by Gasteiger charge is -2.08. The molecule has 0 spiro atoms. The number of ether oxygens (including phenoxy) is 1. The summed E-state index contributed by atoms with van der Waals surface area (Å²) in [7, 11) is 1.61. The quantitative estimate of drug-likeness (QED) is 0.696. The average Bonchev–Trinajstić information content (AvgIpc) is 3.07. The summed E-state index contributed by atoms with van der Waals surface area (Å²) in [5, 5.41) is 14.8. The fourth-order valence-corrected chi connectivity index (χ4v) is 2.29. The number of nitrogens with zero attached hydrogens (tertiary/aromatic N) is 4. The van der Waals surface area contributed by atoms with Crippen molar-refractivity contribution < 1.29 is 13.9 Å². The van der Waals surface area contributed by atoms with Crippen LogP contribution in [0.3, 0.4) is 0 Å². The third-order valence-corrected chi connectivity index (χ3v) is 3.47. The Morgan fingerprint density at radius 2 is 2.12 bits per heavy atom. The van der Waals surface area contributed by atoms with Gasteiger partial charge in [-0.1, -0.05) is 12.1 Å². The highest BCUT2D eigenvalue weighted by atomic mass is 19.1. The van der Waals surface area contributed by atoms with Gasteiger partial charge in [-0.15, -0.1) is 10.2 Å². The van der Waals surface area contributed by atoms with Crippen molar-refractivity contribution in [3.8, 4) is 11.1 Å². The van der Waals surface area contributed by atoms with Gasteiger partial charge in [0.25, 0.3) is 5.91 Å². The molecule has 0 atom stereocenters. The molecule has 2 heterocycles. The molecule has 3 aromatic rings. The van der Waals surface area contributed by atoms with Crippen molar-refractivity contribution in [3.63, 3.8) is 0 Å². The minimum atomic E-state index is -0.332. The first-order valence-electron chi connectivity index (χ1n) is 7.43. The van der Waals surface area contributed by atoms with E-state index < -0.39 is 0 Å². The van der Waals surface area contributed by atoms with Crippen molar-refractivity contribution in [2.75, 3.05) is 20.3 Å². The van der Waals surface area contributed by atoms with Crippen LogP contribution in [0.2, 0.25) is 0 Å². The smallest absolute Gasteiger partial charge is 0.271 e. The molecule has 0 unspecified atom stereocenters. The zero-order valence-corrected chi connectivity index (χ0v) is 13.1. The summed E-state index contributed by atoms with van der Waals surface area (Å²) in [5.74, 6) is -0.633. The maximum atomic E-state index is 13.1. The maximum Gasteiger partial charge on any atom is 0.271 e. The third kappa shape index (κ3) is 3.38. The van der Waals surface area contributed by atoms with Crippen molar-refractivity contribution in [1.82, 2.24) is 25.1 Å². The number of carbonyl (C=O) groups excluding carboxylic acids is 1. The summed E-state index contributed by atoms with van der Waals surface area (Å²) >= 11 is 0. The van der Waals surface area contributed by atoms with Gasteiger partial charge in [-0.2, -0.15) is 9.61 Å². The molecule has 0 aliphatic heterocycles. The number of carbonyl (C=O) groups is 1. The van der Waals surface area contributed by atoms with Gasteiger partial charge in [-0.3, -0.25) is 4.79 Å². The van der Waals surface area contributed by atoms with Gasteiger partial charge in [0.2, 0.25) is 0 Å². The van der Waals surface area contributed by atoms with Crippen LogP contribution in [0.25, 0.3) is 16.8 Å². The zero-order chi connectivity index (χ0) is 16.9. The second kappa shape index (κ2) is 7.14. The van der Waals surface area contributed by atoms with Crippen molar-refractivity contribution >= 4 is 11.6 Å². The van der Waals surface area contributed by atoms with E-state index in [9.17, 15) is 9.18 Å². The van der Waals surface area contributed by atoms with Crippen molar-refractivity contribution in [2.45, 2.75) is 6.42 Å². The van der Waals surface area contributed by atoms with Gasteiger partial charge in [0.1, 0.15) is 17.8 Å². The minimum Gasteiger partial charge on any atom is -0.385 e. The van der Waals surface area contributed by atoms with E-state index in [1.54, 1.807) is 25.3 Å². The summed E-state index contributed by atoms with van der Waals surface area (Å²) in [6.07, 6.45) is 2.13. The summed E-state index contributed by atoms with van der Waals surface area (Å²) < 4.78 is 19.5. The molecule has 0 fully saturated rings. The van der Waals surface area contributed by atoms with Crippen molar-refractivity contribution in [1.29, 1.82) is 0 Å². The molecule has 7 nitrogen and oxygen atoms in total. The molecule has 1 amide bonds. The fraction of sp³-hybridized carbons (Fsp3) is 0.250. The zero-order valence-electron chi connectivity index (χ0n) is 13.1. The number of amides is 1. The van der Waals surface area contributed by atoms with Gasteiger partial charge in [0, 0.05) is 25.8 Å². The van der Waals surface area contributed by atoms with Crippen LogP contribution in [0.1, 0.15) is 16.9 Å². The molecule has 0 saturated carbocycles. The summed E-state index contributed by atoms with van der Waals surface area (Å²) in [6.45, 7) is 1.06. The Bertz CT molecular complexity index is 847. The van der Waals surface area contributed by atoms with Gasteiger partial charge in [-0.25, -0.2) is 4.39 Å². The Balaban J connectivity index is 1.92. The highest BCUT2D eigenvalue weighted by molar-refractivity contribution is 5.94. The highest BCUT2D eigenvalue weighted by Gasteiger charge is 2.14. The number of aromatic nitrogens is 4. The van der Waals surface area contributed by atoms with E-state index >= 15 is 0 Å². The first-order valence-corrected chi connectivity index (χ1v) is 7.43. The second-order valence-electron chi connectivity index (χ2n) is 5.15. The molecular formula is C16H16FN5O2. The monoisotopic (exact) mass is 329 g/mol. The molecule has 124 valence electrons. The van der Waals surface area contributed by atoms with E-state index in [0.29, 0.717) is 30.8 Å². The number of hydrogen-bond acceptors (Lipinski definition) is 5. The molecule has 0 radical (unpaired) electrons. The minimum absolute atomic E-state index is 0.235. The molecular weight excluding hydrogens is 313 g/mol. The van der Waals surface area contributed by atoms with E-state index in [-0.39, 0.29) is 17.4 Å². The molecule has 0 bridgehead atoms. The lowest BCUT2D eigenvalue weighted by Crippen LogP contribution is -2.26. The Morgan fingerprint density at radius 1 is 1.33 bits per heavy atom. The van der Waals surface area contributed by atoms with Crippen molar-refractivity contribution in [2.24, 2.45) is 0 Å². The molecule has 1 N–H and O–H groups in total. The maximum absolute atomic E-state index is 13.1. The molecule has 1 aromatic carbocycles. The topological polar surface area (TPSA) is 81.4 Å². The fourth-order valence-electron chi connectivity index (χ4n) is 2.29. The first-order chi connectivity index (χ1) is 11.7. The predicted octanol–water partition coefficient (Wildman–Crippen LogP) is 1.70. The molecule has 8 heteroatoms. The number of nitrogens with one attached hydrogen (secondary N) is 1. The normalized spacial score (nSPS) is 10.9. The Labute approximate surface area is 137 Å². The molecule has 0 aliphatic carbocycles. The van der Waals surface area contributed by atoms with Crippen LogP contribution in [-0.4, -0.2) is 46.0 Å². The van der Waals surface area contributed by atoms with E-state index in [0.717, 1.165) is 5.56 Å². The third-order valence-electron chi connectivity index (χ3n) is 3.47. The SMILES string of the molecule is COCCCNC(=O)c1cc(-c2ccc(F)cc2)c2nncn2n1. The van der Waals surface area contributed by atoms with Crippen LogP contribution in [0, 0.1) is 5.82 Å².